The molecule has 0 aliphatic carbocycles. The molecule has 122 valence electrons. The first-order chi connectivity index (χ1) is 9.93. The van der Waals surface area contributed by atoms with Crippen LogP contribution in [-0.4, -0.2) is 49.6 Å². The number of ether oxygens (including phenoxy) is 2. The maximum atomic E-state index is 12.5. The minimum atomic E-state index is -0.807. The Balaban J connectivity index is 0.00000242. The average molecular weight is 350 g/mol. The van der Waals surface area contributed by atoms with Gasteiger partial charge in [0.1, 0.15) is 5.75 Å². The molecule has 1 atom stereocenters. The molecule has 9 heteroatoms. The molecule has 0 saturated carbocycles. The number of carbonyl (C=O) groups is 2. The van der Waals surface area contributed by atoms with E-state index in [1.54, 1.807) is 0 Å². The second-order valence-electron chi connectivity index (χ2n) is 4.59. The normalized spacial score (nSPS) is 17.5. The second kappa shape index (κ2) is 7.53. The van der Waals surface area contributed by atoms with E-state index in [1.165, 1.54) is 24.1 Å². The number of rotatable bonds is 3. The Hall–Kier alpha value is -1.70. The smallest absolute Gasteiger partial charge is 0.257 e. The molecule has 1 aromatic rings. The van der Waals surface area contributed by atoms with Crippen LogP contribution in [0.2, 0.25) is 5.02 Å². The van der Waals surface area contributed by atoms with Crippen LogP contribution in [0.3, 0.4) is 0 Å². The molecule has 1 saturated heterocycles. The first-order valence-electron chi connectivity index (χ1n) is 6.27. The Morgan fingerprint density at radius 1 is 1.45 bits per heavy atom. The van der Waals surface area contributed by atoms with Gasteiger partial charge < -0.3 is 25.8 Å². The molecule has 0 spiro atoms. The third-order valence-corrected chi connectivity index (χ3v) is 3.55. The summed E-state index contributed by atoms with van der Waals surface area (Å²) >= 11 is 5.95. The first kappa shape index (κ1) is 18.3. The molecule has 4 N–H and O–H groups in total. The summed E-state index contributed by atoms with van der Waals surface area (Å²) in [7, 11) is 1.44. The molecule has 1 aliphatic rings. The maximum Gasteiger partial charge on any atom is 0.257 e. The fourth-order valence-corrected chi connectivity index (χ4v) is 2.25. The number of methoxy groups -OCH3 is 1. The van der Waals surface area contributed by atoms with Gasteiger partial charge in [-0.1, -0.05) is 11.6 Å². The lowest BCUT2D eigenvalue weighted by Gasteiger charge is -2.31. The van der Waals surface area contributed by atoms with Gasteiger partial charge in [0.25, 0.3) is 5.91 Å². The fraction of sp³-hybridized carbons (Fsp3) is 0.385. The lowest BCUT2D eigenvalue weighted by atomic mass is 10.1. The number of nitrogens with zero attached hydrogens (tertiary/aromatic N) is 1. The Morgan fingerprint density at radius 3 is 2.73 bits per heavy atom. The van der Waals surface area contributed by atoms with Crippen LogP contribution in [0, 0.1) is 0 Å². The number of hydrogen-bond acceptors (Lipinski definition) is 5. The highest BCUT2D eigenvalue weighted by atomic mass is 35.5. The van der Waals surface area contributed by atoms with Gasteiger partial charge in [0.2, 0.25) is 5.91 Å². The third kappa shape index (κ3) is 3.73. The molecule has 22 heavy (non-hydrogen) atoms. The first-order valence-corrected chi connectivity index (χ1v) is 6.65. The SMILES string of the molecule is COc1cc(N)c(Cl)cc1C(=O)N1CCOC(C(N)=O)C1.Cl. The van der Waals surface area contributed by atoms with Crippen LogP contribution in [0.4, 0.5) is 5.69 Å². The van der Waals surface area contributed by atoms with Crippen molar-refractivity contribution >= 4 is 41.5 Å². The van der Waals surface area contributed by atoms with Crippen molar-refractivity contribution in [2.24, 2.45) is 5.73 Å². The summed E-state index contributed by atoms with van der Waals surface area (Å²) in [6.07, 6.45) is -0.807. The van der Waals surface area contributed by atoms with E-state index in [1.807, 2.05) is 0 Å². The highest BCUT2D eigenvalue weighted by molar-refractivity contribution is 6.33. The van der Waals surface area contributed by atoms with Gasteiger partial charge >= 0.3 is 0 Å². The number of nitrogen functional groups attached to an aromatic ring is 1. The van der Waals surface area contributed by atoms with Crippen molar-refractivity contribution in [3.8, 4) is 5.75 Å². The highest BCUT2D eigenvalue weighted by Crippen LogP contribution is 2.30. The number of hydrogen-bond donors (Lipinski definition) is 2. The predicted octanol–water partition coefficient (Wildman–Crippen LogP) is 0.679. The molecular formula is C13H17Cl2N3O4. The zero-order valence-corrected chi connectivity index (χ0v) is 13.4. The van der Waals surface area contributed by atoms with Crippen LogP contribution in [0.5, 0.6) is 5.75 Å². The molecular weight excluding hydrogens is 333 g/mol. The lowest BCUT2D eigenvalue weighted by Crippen LogP contribution is -2.50. The van der Waals surface area contributed by atoms with Gasteiger partial charge in [-0.15, -0.1) is 12.4 Å². The monoisotopic (exact) mass is 349 g/mol. The van der Waals surface area contributed by atoms with E-state index < -0.39 is 12.0 Å². The molecule has 1 unspecified atom stereocenters. The molecule has 0 bridgehead atoms. The molecule has 1 fully saturated rings. The topological polar surface area (TPSA) is 108 Å². The predicted molar refractivity (Wildman–Crippen MR) is 84.5 cm³/mol. The van der Waals surface area contributed by atoms with Crippen molar-refractivity contribution < 1.29 is 19.1 Å². The molecule has 0 radical (unpaired) electrons. The zero-order valence-electron chi connectivity index (χ0n) is 11.9. The van der Waals surface area contributed by atoms with Crippen LogP contribution in [-0.2, 0) is 9.53 Å². The molecule has 1 aliphatic heterocycles. The van der Waals surface area contributed by atoms with E-state index in [2.05, 4.69) is 0 Å². The van der Waals surface area contributed by atoms with E-state index >= 15 is 0 Å². The number of carbonyl (C=O) groups excluding carboxylic acids is 2. The summed E-state index contributed by atoms with van der Waals surface area (Å²) in [5.74, 6) is -0.595. The molecule has 1 aromatic carbocycles. The Morgan fingerprint density at radius 2 is 2.14 bits per heavy atom. The number of halogens is 2. The van der Waals surface area contributed by atoms with Crippen molar-refractivity contribution in [1.82, 2.24) is 4.90 Å². The van der Waals surface area contributed by atoms with Gasteiger partial charge in [-0.05, 0) is 6.07 Å². The van der Waals surface area contributed by atoms with Crippen LogP contribution >= 0.6 is 24.0 Å². The van der Waals surface area contributed by atoms with Crippen LogP contribution in [0.1, 0.15) is 10.4 Å². The van der Waals surface area contributed by atoms with Crippen molar-refractivity contribution in [2.75, 3.05) is 32.5 Å². The minimum absolute atomic E-state index is 0. The van der Waals surface area contributed by atoms with E-state index in [9.17, 15) is 9.59 Å². The molecule has 2 rings (SSSR count). The number of benzene rings is 1. The van der Waals surface area contributed by atoms with Crippen LogP contribution in [0.25, 0.3) is 0 Å². The molecule has 0 aromatic heterocycles. The quantitative estimate of drug-likeness (QED) is 0.780. The third-order valence-electron chi connectivity index (χ3n) is 3.22. The average Bonchev–Trinajstić information content (AvgIpc) is 2.48. The van der Waals surface area contributed by atoms with E-state index in [4.69, 9.17) is 32.5 Å². The number of anilines is 1. The fourth-order valence-electron chi connectivity index (χ4n) is 2.08. The van der Waals surface area contributed by atoms with Crippen LogP contribution in [0.15, 0.2) is 12.1 Å². The minimum Gasteiger partial charge on any atom is -0.496 e. The van der Waals surface area contributed by atoms with Gasteiger partial charge in [-0.3, -0.25) is 9.59 Å². The van der Waals surface area contributed by atoms with Gasteiger partial charge in [0, 0.05) is 12.6 Å². The van der Waals surface area contributed by atoms with Gasteiger partial charge in [0.15, 0.2) is 6.10 Å². The maximum absolute atomic E-state index is 12.5. The Labute approximate surface area is 138 Å². The highest BCUT2D eigenvalue weighted by Gasteiger charge is 2.29. The van der Waals surface area contributed by atoms with Crippen molar-refractivity contribution in [1.29, 1.82) is 0 Å². The number of nitrogens with two attached hydrogens (primary N) is 2. The summed E-state index contributed by atoms with van der Waals surface area (Å²) in [5, 5.41) is 0.263. The van der Waals surface area contributed by atoms with Gasteiger partial charge in [-0.2, -0.15) is 0 Å². The van der Waals surface area contributed by atoms with Crippen molar-refractivity contribution in [3.63, 3.8) is 0 Å². The summed E-state index contributed by atoms with van der Waals surface area (Å²) in [6, 6.07) is 2.94. The van der Waals surface area contributed by atoms with Gasteiger partial charge in [-0.25, -0.2) is 0 Å². The van der Waals surface area contributed by atoms with Gasteiger partial charge in [0.05, 0.1) is 36.5 Å². The Kier molecular flexibility index (Phi) is 6.28. The van der Waals surface area contributed by atoms with E-state index in [-0.39, 0.29) is 42.1 Å². The Bertz CT molecular complexity index is 583. The number of morpholine rings is 1. The summed E-state index contributed by atoms with van der Waals surface area (Å²) in [6.45, 7) is 0.692. The second-order valence-corrected chi connectivity index (χ2v) is 4.99. The van der Waals surface area contributed by atoms with E-state index in [0.29, 0.717) is 18.0 Å². The summed E-state index contributed by atoms with van der Waals surface area (Å²) in [5.41, 5.74) is 11.5. The zero-order chi connectivity index (χ0) is 15.6. The van der Waals surface area contributed by atoms with E-state index in [0.717, 1.165) is 0 Å². The summed E-state index contributed by atoms with van der Waals surface area (Å²) < 4.78 is 10.4. The molecule has 2 amide bonds. The van der Waals surface area contributed by atoms with Crippen molar-refractivity contribution in [2.45, 2.75) is 6.10 Å². The van der Waals surface area contributed by atoms with Crippen molar-refractivity contribution in [3.05, 3.63) is 22.7 Å². The lowest BCUT2D eigenvalue weighted by molar-refractivity contribution is -0.133. The van der Waals surface area contributed by atoms with Crippen LogP contribution < -0.4 is 16.2 Å². The standard InChI is InChI=1S/C13H16ClN3O4.ClH/c1-20-10-5-9(15)8(14)4-7(10)13(19)17-2-3-21-11(6-17)12(16)18;/h4-5,11H,2-3,6,15H2,1H3,(H2,16,18);1H. The summed E-state index contributed by atoms with van der Waals surface area (Å²) in [4.78, 5) is 25.2. The number of amides is 2. The molecule has 7 nitrogen and oxygen atoms in total. The molecule has 1 heterocycles. The number of primary amides is 1. The largest absolute Gasteiger partial charge is 0.496 e.